The maximum Gasteiger partial charge on any atom is 0.485 e. The van der Waals surface area contributed by atoms with E-state index in [9.17, 15) is 13.2 Å². The van der Waals surface area contributed by atoms with E-state index in [4.69, 9.17) is 13.0 Å². The molecule has 3 aromatic carbocycles. The number of anilines is 2. The normalized spacial score (nSPS) is 13.8. The fraction of sp³-hybridized carbons (Fsp3) is 0.424. The molecule has 0 bridgehead atoms. The third kappa shape index (κ3) is 7.24. The van der Waals surface area contributed by atoms with Crippen LogP contribution in [0.2, 0.25) is 0 Å². The van der Waals surface area contributed by atoms with Gasteiger partial charge in [-0.05, 0) is 29.7 Å². The highest BCUT2D eigenvalue weighted by Gasteiger charge is 2.37. The molecule has 0 fully saturated rings. The number of para-hydroxylation sites is 3. The Morgan fingerprint density at radius 3 is 1.52 bits per heavy atom. The summed E-state index contributed by atoms with van der Waals surface area (Å²) in [6.45, 7) is 19.4. The molecule has 0 radical (unpaired) electrons. The Kier molecular flexibility index (Phi) is 10.3. The smallest absolute Gasteiger partial charge is 0.485 e. The molecule has 0 N–H and O–H groups in total. The minimum Gasteiger partial charge on any atom is -0.741 e. The summed E-state index contributed by atoms with van der Waals surface area (Å²) in [5.41, 5.74) is 5.38. The topological polar surface area (TPSA) is 63.5 Å². The first-order chi connectivity index (χ1) is 19.5. The average Bonchev–Trinajstić information content (AvgIpc) is 2.90. The molecule has 0 unspecified atom stereocenters. The second-order valence-electron chi connectivity index (χ2n) is 11.8. The van der Waals surface area contributed by atoms with Gasteiger partial charge in [0.05, 0.1) is 0 Å². The standard InChI is InChI=1S/C32H41N2.CHF3O3S/c1-21(2)26-14-11-15-27(22(3)4)31(26)33-19-25-13-9-10-18-30(25)34(20-33)32-28(23(5)6)16-12-17-29(32)24(7)8;2-1(3,4)8(5,6)7/h9-18,20-24H,19H2,1-8H3;(H,5,6,7)/q+1;/p-1. The van der Waals surface area contributed by atoms with Crippen LogP contribution in [-0.2, 0) is 16.7 Å². The summed E-state index contributed by atoms with van der Waals surface area (Å²) in [7, 11) is -6.09. The van der Waals surface area contributed by atoms with Gasteiger partial charge in [0.25, 0.3) is 0 Å². The number of nitrogens with zero attached hydrogens (tertiary/aromatic N) is 2. The molecule has 1 heterocycles. The van der Waals surface area contributed by atoms with Gasteiger partial charge in [0.15, 0.2) is 10.1 Å². The molecule has 0 amide bonds. The summed E-state index contributed by atoms with van der Waals surface area (Å²) in [5.74, 6) is 1.81. The first kappa shape index (κ1) is 33.3. The molecular formula is C33H41F3N2O3S. The van der Waals surface area contributed by atoms with Crippen LogP contribution in [0.1, 0.15) is 107 Å². The molecule has 1 aliphatic rings. The van der Waals surface area contributed by atoms with Crippen LogP contribution < -0.4 is 4.90 Å². The van der Waals surface area contributed by atoms with Crippen molar-refractivity contribution in [2.75, 3.05) is 4.90 Å². The van der Waals surface area contributed by atoms with Crippen LogP contribution in [0.4, 0.5) is 30.2 Å². The molecule has 0 spiro atoms. The predicted molar refractivity (Wildman–Crippen MR) is 163 cm³/mol. The number of alkyl halides is 3. The van der Waals surface area contributed by atoms with Gasteiger partial charge < -0.3 is 4.55 Å². The number of rotatable bonds is 6. The zero-order valence-electron chi connectivity index (χ0n) is 25.5. The van der Waals surface area contributed by atoms with E-state index in [1.54, 1.807) is 0 Å². The van der Waals surface area contributed by atoms with Crippen molar-refractivity contribution < 1.29 is 30.7 Å². The quantitative estimate of drug-likeness (QED) is 0.160. The molecule has 5 nitrogen and oxygen atoms in total. The lowest BCUT2D eigenvalue weighted by Crippen LogP contribution is -2.31. The van der Waals surface area contributed by atoms with E-state index in [0.717, 1.165) is 6.54 Å². The van der Waals surface area contributed by atoms with Crippen LogP contribution in [0.15, 0.2) is 60.7 Å². The van der Waals surface area contributed by atoms with E-state index in [0.29, 0.717) is 23.7 Å². The third-order valence-corrected chi connectivity index (χ3v) is 7.91. The zero-order valence-corrected chi connectivity index (χ0v) is 26.3. The average molecular weight is 603 g/mol. The van der Waals surface area contributed by atoms with Crippen LogP contribution >= 0.6 is 0 Å². The summed E-state index contributed by atoms with van der Waals surface area (Å²) in [6, 6.07) is 22.6. The Balaban J connectivity index is 0.000000531. The number of hydrogen-bond donors (Lipinski definition) is 0. The van der Waals surface area contributed by atoms with E-state index in [-0.39, 0.29) is 0 Å². The van der Waals surface area contributed by atoms with E-state index >= 15 is 0 Å². The van der Waals surface area contributed by atoms with Crippen LogP contribution in [0.25, 0.3) is 0 Å². The van der Waals surface area contributed by atoms with Crippen molar-refractivity contribution in [3.8, 4) is 0 Å². The van der Waals surface area contributed by atoms with Crippen LogP contribution in [0.3, 0.4) is 0 Å². The molecule has 228 valence electrons. The van der Waals surface area contributed by atoms with E-state index < -0.39 is 15.6 Å². The first-order valence-corrected chi connectivity index (χ1v) is 15.6. The Bertz CT molecular complexity index is 1490. The Hall–Kier alpha value is -3.17. The largest absolute Gasteiger partial charge is 0.741 e. The van der Waals surface area contributed by atoms with Gasteiger partial charge in [0.2, 0.25) is 6.34 Å². The lowest BCUT2D eigenvalue weighted by atomic mass is 9.90. The number of hydrogen-bond acceptors (Lipinski definition) is 4. The molecule has 0 saturated heterocycles. The highest BCUT2D eigenvalue weighted by atomic mass is 32.2. The molecule has 42 heavy (non-hydrogen) atoms. The highest BCUT2D eigenvalue weighted by molar-refractivity contribution is 7.86. The SMILES string of the molecule is CC(C)c1cccc(C(C)C)c1N1C=[N+](c2c(C(C)C)cccc2C(C)C)Cc2ccccc21.O=S(=O)([O-])C(F)(F)F. The van der Waals surface area contributed by atoms with Crippen molar-refractivity contribution in [1.82, 2.24) is 0 Å². The summed E-state index contributed by atoms with van der Waals surface area (Å²) in [4.78, 5) is 2.48. The van der Waals surface area contributed by atoms with Crippen molar-refractivity contribution >= 4 is 33.5 Å². The Labute approximate surface area is 248 Å². The molecule has 0 saturated carbocycles. The van der Waals surface area contributed by atoms with Gasteiger partial charge in [-0.3, -0.25) is 0 Å². The van der Waals surface area contributed by atoms with Gasteiger partial charge in [-0.15, -0.1) is 0 Å². The molecule has 0 atom stereocenters. The molecule has 3 aromatic rings. The minimum absolute atomic E-state index is 0.443. The van der Waals surface area contributed by atoms with E-state index in [1.165, 1.54) is 44.9 Å². The number of halogens is 3. The maximum atomic E-state index is 10.7. The second kappa shape index (κ2) is 13.0. The fourth-order valence-electron chi connectivity index (χ4n) is 5.25. The predicted octanol–water partition coefficient (Wildman–Crippen LogP) is 9.26. The van der Waals surface area contributed by atoms with Gasteiger partial charge in [0, 0.05) is 27.8 Å². The monoisotopic (exact) mass is 602 g/mol. The number of benzene rings is 3. The van der Waals surface area contributed by atoms with Crippen LogP contribution in [0.5, 0.6) is 0 Å². The van der Waals surface area contributed by atoms with Gasteiger partial charge >= 0.3 is 5.51 Å². The molecular weight excluding hydrogens is 561 g/mol. The highest BCUT2D eigenvalue weighted by Crippen LogP contribution is 2.43. The summed E-state index contributed by atoms with van der Waals surface area (Å²) >= 11 is 0. The van der Waals surface area contributed by atoms with Gasteiger partial charge in [-0.1, -0.05) is 110 Å². The third-order valence-electron chi connectivity index (χ3n) is 7.34. The maximum absolute atomic E-state index is 10.7. The zero-order chi connectivity index (χ0) is 31.6. The lowest BCUT2D eigenvalue weighted by molar-refractivity contribution is -0.456. The van der Waals surface area contributed by atoms with Crippen molar-refractivity contribution in [3.63, 3.8) is 0 Å². The van der Waals surface area contributed by atoms with Gasteiger partial charge in [0.1, 0.15) is 23.6 Å². The molecule has 4 rings (SSSR count). The Morgan fingerprint density at radius 2 is 1.12 bits per heavy atom. The fourth-order valence-corrected chi connectivity index (χ4v) is 5.25. The minimum atomic E-state index is -6.09. The molecule has 9 heteroatoms. The molecule has 0 aromatic heterocycles. The van der Waals surface area contributed by atoms with Gasteiger partial charge in [-0.2, -0.15) is 18.1 Å². The van der Waals surface area contributed by atoms with Gasteiger partial charge in [-0.25, -0.2) is 13.0 Å². The van der Waals surface area contributed by atoms with E-state index in [2.05, 4.69) is 132 Å². The number of fused-ring (bicyclic) bond motifs is 1. The van der Waals surface area contributed by atoms with Crippen LogP contribution in [0, 0.1) is 0 Å². The summed E-state index contributed by atoms with van der Waals surface area (Å²) in [6.07, 6.45) is 2.38. The van der Waals surface area contributed by atoms with Crippen LogP contribution in [-0.4, -0.2) is 29.4 Å². The lowest BCUT2D eigenvalue weighted by Gasteiger charge is -2.29. The van der Waals surface area contributed by atoms with Crippen molar-refractivity contribution in [1.29, 1.82) is 0 Å². The summed E-state index contributed by atoms with van der Waals surface area (Å²) in [5, 5.41) is 0. The Morgan fingerprint density at radius 1 is 0.714 bits per heavy atom. The van der Waals surface area contributed by atoms with Crippen molar-refractivity contribution in [2.45, 2.75) is 91.1 Å². The second-order valence-corrected chi connectivity index (χ2v) is 13.2. The van der Waals surface area contributed by atoms with Crippen molar-refractivity contribution in [2.24, 2.45) is 0 Å². The van der Waals surface area contributed by atoms with E-state index in [1.807, 2.05) is 0 Å². The molecule has 0 aliphatic carbocycles. The van der Waals surface area contributed by atoms with Crippen molar-refractivity contribution in [3.05, 3.63) is 88.5 Å². The summed E-state index contributed by atoms with van der Waals surface area (Å²) < 4.78 is 61.4. The first-order valence-electron chi connectivity index (χ1n) is 14.2. The molecule has 1 aliphatic heterocycles.